The molecule has 1 aromatic rings. The molecule has 8 nitrogen and oxygen atoms in total. The van der Waals surface area contributed by atoms with Gasteiger partial charge in [0.25, 0.3) is 0 Å². The van der Waals surface area contributed by atoms with Crippen molar-refractivity contribution < 1.29 is 37.3 Å². The summed E-state index contributed by atoms with van der Waals surface area (Å²) in [4.78, 5) is 27.9. The summed E-state index contributed by atoms with van der Waals surface area (Å²) in [6.07, 6.45) is -3.28. The van der Waals surface area contributed by atoms with Gasteiger partial charge in [-0.25, -0.2) is 9.78 Å². The Morgan fingerprint density at radius 1 is 1.47 bits per heavy atom. The van der Waals surface area contributed by atoms with E-state index in [0.29, 0.717) is 19.1 Å². The number of carboxylic acids is 1. The van der Waals surface area contributed by atoms with E-state index in [2.05, 4.69) is 20.6 Å². The van der Waals surface area contributed by atoms with Crippen LogP contribution in [0.1, 0.15) is 23.5 Å². The average Bonchev–Trinajstić information content (AvgIpc) is 3.27. The molecule has 2 aliphatic rings. The zero-order valence-electron chi connectivity index (χ0n) is 16.8. The minimum Gasteiger partial charge on any atom is -0.475 e. The van der Waals surface area contributed by atoms with Gasteiger partial charge in [0.15, 0.2) is 0 Å². The van der Waals surface area contributed by atoms with Gasteiger partial charge < -0.3 is 19.9 Å². The Bertz CT molecular complexity index is 715. The number of alkyl halides is 3. The summed E-state index contributed by atoms with van der Waals surface area (Å²) >= 11 is 1.69. The van der Waals surface area contributed by atoms with Crippen LogP contribution < -0.4 is 5.32 Å². The lowest BCUT2D eigenvalue weighted by atomic mass is 9.91. The molecule has 1 amide bonds. The van der Waals surface area contributed by atoms with Crippen molar-refractivity contribution in [3.8, 4) is 0 Å². The van der Waals surface area contributed by atoms with Crippen LogP contribution in [-0.4, -0.2) is 78.6 Å². The lowest BCUT2D eigenvalue weighted by Gasteiger charge is -2.33. The Morgan fingerprint density at radius 3 is 2.73 bits per heavy atom. The molecule has 0 aromatic carbocycles. The van der Waals surface area contributed by atoms with E-state index < -0.39 is 12.1 Å². The second kappa shape index (κ2) is 11.0. The van der Waals surface area contributed by atoms with Crippen LogP contribution in [0, 0.1) is 12.8 Å². The van der Waals surface area contributed by atoms with E-state index in [9.17, 15) is 18.0 Å². The van der Waals surface area contributed by atoms with Gasteiger partial charge in [0.1, 0.15) is 6.10 Å². The van der Waals surface area contributed by atoms with Crippen molar-refractivity contribution in [1.29, 1.82) is 0 Å². The maximum atomic E-state index is 12.1. The maximum absolute atomic E-state index is 12.1. The number of thiazole rings is 1. The topological polar surface area (TPSA) is 101 Å². The van der Waals surface area contributed by atoms with Crippen LogP contribution in [0.3, 0.4) is 0 Å². The summed E-state index contributed by atoms with van der Waals surface area (Å²) in [6, 6.07) is 0. The smallest absolute Gasteiger partial charge is 0.475 e. The summed E-state index contributed by atoms with van der Waals surface area (Å²) in [5.74, 6) is -2.26. The molecule has 2 aliphatic heterocycles. The van der Waals surface area contributed by atoms with E-state index in [1.54, 1.807) is 18.4 Å². The first-order valence-electron chi connectivity index (χ1n) is 9.45. The Labute approximate surface area is 176 Å². The number of aromatic nitrogens is 1. The van der Waals surface area contributed by atoms with Crippen molar-refractivity contribution in [3.63, 3.8) is 0 Å². The van der Waals surface area contributed by atoms with Crippen LogP contribution >= 0.6 is 11.3 Å². The largest absolute Gasteiger partial charge is 0.490 e. The predicted molar refractivity (Wildman–Crippen MR) is 102 cm³/mol. The number of aryl methyl sites for hydroxylation is 1. The van der Waals surface area contributed by atoms with Gasteiger partial charge in [-0.05, 0) is 32.2 Å². The van der Waals surface area contributed by atoms with E-state index in [1.165, 1.54) is 0 Å². The van der Waals surface area contributed by atoms with Crippen LogP contribution in [-0.2, 0) is 25.6 Å². The monoisotopic (exact) mass is 453 g/mol. The number of amides is 1. The van der Waals surface area contributed by atoms with Gasteiger partial charge in [0.05, 0.1) is 23.4 Å². The molecular weight excluding hydrogens is 427 g/mol. The summed E-state index contributed by atoms with van der Waals surface area (Å²) < 4.78 is 42.7. The maximum Gasteiger partial charge on any atom is 0.490 e. The highest BCUT2D eigenvalue weighted by atomic mass is 32.1. The molecule has 0 bridgehead atoms. The molecule has 3 atom stereocenters. The number of piperidine rings is 1. The van der Waals surface area contributed by atoms with Crippen molar-refractivity contribution >= 4 is 23.2 Å². The molecule has 3 rings (SSSR count). The van der Waals surface area contributed by atoms with Crippen molar-refractivity contribution in [1.82, 2.24) is 15.2 Å². The first-order valence-corrected chi connectivity index (χ1v) is 10.3. The summed E-state index contributed by atoms with van der Waals surface area (Å²) in [5, 5.41) is 13.2. The molecule has 0 aliphatic carbocycles. The third kappa shape index (κ3) is 7.49. The molecule has 2 N–H and O–H groups in total. The number of fused-ring (bicyclic) bond motifs is 1. The van der Waals surface area contributed by atoms with E-state index >= 15 is 0 Å². The molecule has 0 radical (unpaired) electrons. The number of carbonyl (C=O) groups is 2. The van der Waals surface area contributed by atoms with Crippen LogP contribution in [0.15, 0.2) is 5.38 Å². The molecule has 0 saturated carbocycles. The van der Waals surface area contributed by atoms with Crippen LogP contribution in [0.25, 0.3) is 0 Å². The predicted octanol–water partition coefficient (Wildman–Crippen LogP) is 1.83. The first kappa shape index (κ1) is 24.5. The second-order valence-corrected chi connectivity index (χ2v) is 8.19. The van der Waals surface area contributed by atoms with E-state index in [1.807, 2.05) is 6.92 Å². The van der Waals surface area contributed by atoms with Crippen molar-refractivity contribution in [2.24, 2.45) is 5.92 Å². The Hall–Kier alpha value is -1.76. The number of nitrogens with one attached hydrogen (secondary N) is 1. The van der Waals surface area contributed by atoms with E-state index in [-0.39, 0.29) is 18.1 Å². The number of nitrogens with zero attached hydrogens (tertiary/aromatic N) is 2. The fraction of sp³-hybridized carbons (Fsp3) is 0.722. The Balaban J connectivity index is 0.000000396. The quantitative estimate of drug-likeness (QED) is 0.634. The molecule has 0 unspecified atom stereocenters. The number of ether oxygens (including phenoxy) is 2. The molecule has 12 heteroatoms. The zero-order chi connectivity index (χ0) is 22.3. The molecular formula is C18H26F3N3O5S. The molecule has 1 aromatic heterocycles. The van der Waals surface area contributed by atoms with E-state index in [4.69, 9.17) is 19.4 Å². The van der Waals surface area contributed by atoms with E-state index in [0.717, 1.165) is 43.2 Å². The minimum atomic E-state index is -5.08. The van der Waals surface area contributed by atoms with Crippen LogP contribution in [0.4, 0.5) is 13.2 Å². The number of halogens is 3. The number of aliphatic carboxylic acids is 1. The number of methoxy groups -OCH3 is 1. The highest BCUT2D eigenvalue weighted by Crippen LogP contribution is 2.33. The first-order chi connectivity index (χ1) is 14.1. The molecule has 3 heterocycles. The van der Waals surface area contributed by atoms with Crippen molar-refractivity contribution in [2.75, 3.05) is 33.4 Å². The molecule has 2 saturated heterocycles. The minimum absolute atomic E-state index is 0.00174. The lowest BCUT2D eigenvalue weighted by molar-refractivity contribution is -0.192. The third-order valence-electron chi connectivity index (χ3n) is 4.83. The summed E-state index contributed by atoms with van der Waals surface area (Å²) in [6.45, 7) is 5.93. The molecule has 170 valence electrons. The fourth-order valence-electron chi connectivity index (χ4n) is 3.41. The summed E-state index contributed by atoms with van der Waals surface area (Å²) in [5.41, 5.74) is 1.14. The average molecular weight is 453 g/mol. The Kier molecular flexibility index (Phi) is 9.01. The van der Waals surface area contributed by atoms with Gasteiger partial charge in [-0.1, -0.05) is 0 Å². The Morgan fingerprint density at radius 2 is 2.17 bits per heavy atom. The zero-order valence-corrected chi connectivity index (χ0v) is 17.6. The van der Waals surface area contributed by atoms with Gasteiger partial charge in [-0.2, -0.15) is 13.2 Å². The SMILES string of the molecule is COCCNC(=O)[C@@H]1C[C@@H]2CCN(Cc3csc(C)n3)C[C@H]2O1.O=C(O)C(F)(F)F. The number of likely N-dealkylation sites (tertiary alicyclic amines) is 1. The van der Waals surface area contributed by atoms with Crippen molar-refractivity contribution in [2.45, 2.75) is 44.7 Å². The van der Waals surface area contributed by atoms with Gasteiger partial charge in [0.2, 0.25) is 5.91 Å². The van der Waals surface area contributed by atoms with Crippen molar-refractivity contribution in [3.05, 3.63) is 16.1 Å². The second-order valence-electron chi connectivity index (χ2n) is 7.13. The number of carbonyl (C=O) groups excluding carboxylic acids is 1. The van der Waals surface area contributed by atoms with Gasteiger partial charge in [-0.15, -0.1) is 11.3 Å². The highest BCUT2D eigenvalue weighted by molar-refractivity contribution is 7.09. The molecule has 2 fully saturated rings. The van der Waals surface area contributed by atoms with Gasteiger partial charge in [-0.3, -0.25) is 9.69 Å². The van der Waals surface area contributed by atoms with Crippen LogP contribution in [0.2, 0.25) is 0 Å². The molecule has 30 heavy (non-hydrogen) atoms. The number of hydrogen-bond donors (Lipinski definition) is 2. The van der Waals surface area contributed by atoms with Gasteiger partial charge >= 0.3 is 12.1 Å². The van der Waals surface area contributed by atoms with Gasteiger partial charge in [0, 0.05) is 32.1 Å². The number of hydrogen-bond acceptors (Lipinski definition) is 7. The number of rotatable bonds is 6. The van der Waals surface area contributed by atoms with Crippen LogP contribution in [0.5, 0.6) is 0 Å². The lowest BCUT2D eigenvalue weighted by Crippen LogP contribution is -2.42. The third-order valence-corrected chi connectivity index (χ3v) is 5.65. The highest BCUT2D eigenvalue weighted by Gasteiger charge is 2.41. The molecule has 0 spiro atoms. The fourth-order valence-corrected chi connectivity index (χ4v) is 4.01. The normalized spacial score (nSPS) is 24.0. The summed E-state index contributed by atoms with van der Waals surface area (Å²) in [7, 11) is 1.63. The number of carboxylic acid groups (broad SMARTS) is 1. The standard InChI is InChI=1S/C16H25N3O3S.C2HF3O2/c1-11-18-13(10-23-11)8-19-5-3-12-7-14(22-15(12)9-19)16(20)17-4-6-21-2;3-2(4,5)1(6)7/h10,12,14-15H,3-9H2,1-2H3,(H,17,20);(H,6,7)/t12-,14-,15+;/m0./s1.